The van der Waals surface area contributed by atoms with Crippen LogP contribution in [0, 0.1) is 5.92 Å². The van der Waals surface area contributed by atoms with E-state index >= 15 is 0 Å². The number of rotatable bonds is 5. The first-order valence-electron chi connectivity index (χ1n) is 7.69. The summed E-state index contributed by atoms with van der Waals surface area (Å²) in [6.45, 7) is 9.75. The van der Waals surface area contributed by atoms with E-state index in [-0.39, 0.29) is 30.0 Å². The van der Waals surface area contributed by atoms with E-state index < -0.39 is 6.03 Å². The molecule has 5 nitrogen and oxygen atoms in total. The lowest BCUT2D eigenvalue weighted by Crippen LogP contribution is -2.50. The number of halogens is 1. The van der Waals surface area contributed by atoms with Gasteiger partial charge in [-0.05, 0) is 44.4 Å². The summed E-state index contributed by atoms with van der Waals surface area (Å²) in [5, 5.41) is 8.87. The van der Waals surface area contributed by atoms with Crippen LogP contribution in [0.1, 0.15) is 46.2 Å². The molecule has 0 fully saturated rings. The van der Waals surface area contributed by atoms with Gasteiger partial charge in [-0.25, -0.2) is 4.79 Å². The second-order valence-corrected chi connectivity index (χ2v) is 7.34. The highest BCUT2D eigenvalue weighted by molar-refractivity contribution is 6.30. The maximum Gasteiger partial charge on any atom is 0.321 e. The van der Waals surface area contributed by atoms with Crippen molar-refractivity contribution in [3.63, 3.8) is 0 Å². The number of carbonyl (C=O) groups excluding carboxylic acids is 2. The molecule has 0 aliphatic heterocycles. The third-order valence-corrected chi connectivity index (χ3v) is 3.37. The fourth-order valence-corrected chi connectivity index (χ4v) is 2.28. The van der Waals surface area contributed by atoms with Gasteiger partial charge < -0.3 is 10.6 Å². The molecule has 3 N–H and O–H groups in total. The van der Waals surface area contributed by atoms with E-state index in [4.69, 9.17) is 11.6 Å². The molecule has 0 heterocycles. The maximum absolute atomic E-state index is 11.9. The van der Waals surface area contributed by atoms with E-state index in [2.05, 4.69) is 29.8 Å². The smallest absolute Gasteiger partial charge is 0.321 e. The Kier molecular flexibility index (Phi) is 7.03. The van der Waals surface area contributed by atoms with Crippen molar-refractivity contribution in [3.05, 3.63) is 34.9 Å². The van der Waals surface area contributed by atoms with Gasteiger partial charge in [0, 0.05) is 16.6 Å². The molecule has 0 unspecified atom stereocenters. The third kappa shape index (κ3) is 7.48. The molecule has 0 aromatic heterocycles. The summed E-state index contributed by atoms with van der Waals surface area (Å²) in [6.07, 6.45) is 0. The number of urea groups is 1. The summed E-state index contributed by atoms with van der Waals surface area (Å²) in [5.41, 5.74) is 0.665. The maximum atomic E-state index is 11.9. The lowest BCUT2D eigenvalue weighted by atomic mass is 9.96. The van der Waals surface area contributed by atoms with Crippen LogP contribution in [0.5, 0.6) is 0 Å². The molecule has 128 valence electrons. The average molecular weight is 340 g/mol. The van der Waals surface area contributed by atoms with Gasteiger partial charge in [0.2, 0.25) is 5.91 Å². The normalized spacial score (nSPS) is 12.8. The number of carbonyl (C=O) groups is 2. The first-order valence-corrected chi connectivity index (χ1v) is 8.07. The van der Waals surface area contributed by atoms with Crippen LogP contribution in [0.3, 0.4) is 0 Å². The van der Waals surface area contributed by atoms with Gasteiger partial charge in [-0.3, -0.25) is 10.1 Å². The zero-order valence-corrected chi connectivity index (χ0v) is 15.1. The minimum Gasteiger partial charge on any atom is -0.333 e. The lowest BCUT2D eigenvalue weighted by molar-refractivity contribution is -0.119. The highest BCUT2D eigenvalue weighted by atomic mass is 35.5. The summed E-state index contributed by atoms with van der Waals surface area (Å²) in [5.74, 6) is -0.0845. The molecule has 1 aromatic rings. The summed E-state index contributed by atoms with van der Waals surface area (Å²) >= 11 is 5.90. The van der Waals surface area contributed by atoms with Crippen LogP contribution in [-0.4, -0.2) is 24.0 Å². The fraction of sp³-hybridized carbons (Fsp3) is 0.529. The number of imide groups is 1. The average Bonchev–Trinajstić information content (AvgIpc) is 2.38. The number of nitrogens with one attached hydrogen (secondary N) is 3. The van der Waals surface area contributed by atoms with E-state index in [1.165, 1.54) is 0 Å². The largest absolute Gasteiger partial charge is 0.333 e. The molecule has 1 rings (SSSR count). The lowest BCUT2D eigenvalue weighted by Gasteiger charge is -2.23. The SMILES string of the molecule is CC(C)[C@@H](NCC(=O)NC(=O)NC(C)(C)C)c1ccc(Cl)cc1. The molecular weight excluding hydrogens is 314 g/mol. The number of hydrogen-bond acceptors (Lipinski definition) is 3. The van der Waals surface area contributed by atoms with Gasteiger partial charge in [0.05, 0.1) is 6.54 Å². The summed E-state index contributed by atoms with van der Waals surface area (Å²) in [4.78, 5) is 23.6. The van der Waals surface area contributed by atoms with Gasteiger partial charge in [-0.2, -0.15) is 0 Å². The summed E-state index contributed by atoms with van der Waals surface area (Å²) in [6, 6.07) is 7.03. The van der Waals surface area contributed by atoms with Crippen molar-refractivity contribution in [1.29, 1.82) is 0 Å². The molecule has 1 aromatic carbocycles. The van der Waals surface area contributed by atoms with Gasteiger partial charge in [0.15, 0.2) is 0 Å². The van der Waals surface area contributed by atoms with Gasteiger partial charge in [-0.1, -0.05) is 37.6 Å². The molecular formula is C17H26ClN3O2. The van der Waals surface area contributed by atoms with E-state index in [1.807, 2.05) is 45.0 Å². The first kappa shape index (κ1) is 19.5. The predicted molar refractivity (Wildman–Crippen MR) is 93.5 cm³/mol. The number of hydrogen-bond donors (Lipinski definition) is 3. The van der Waals surface area contributed by atoms with Crippen LogP contribution in [0.25, 0.3) is 0 Å². The van der Waals surface area contributed by atoms with Gasteiger partial charge >= 0.3 is 6.03 Å². The van der Waals surface area contributed by atoms with Crippen LogP contribution in [0.2, 0.25) is 5.02 Å². The van der Waals surface area contributed by atoms with Crippen LogP contribution in [-0.2, 0) is 4.79 Å². The van der Waals surface area contributed by atoms with E-state index in [9.17, 15) is 9.59 Å². The Morgan fingerprint density at radius 1 is 1.13 bits per heavy atom. The Labute approximate surface area is 143 Å². The molecule has 1 atom stereocenters. The molecule has 6 heteroatoms. The molecule has 0 saturated heterocycles. The summed E-state index contributed by atoms with van der Waals surface area (Å²) < 4.78 is 0. The highest BCUT2D eigenvalue weighted by Gasteiger charge is 2.19. The van der Waals surface area contributed by atoms with Gasteiger partial charge in [-0.15, -0.1) is 0 Å². The van der Waals surface area contributed by atoms with Crippen molar-refractivity contribution in [2.75, 3.05) is 6.54 Å². The first-order chi connectivity index (χ1) is 10.6. The van der Waals surface area contributed by atoms with Crippen molar-refractivity contribution in [3.8, 4) is 0 Å². The highest BCUT2D eigenvalue weighted by Crippen LogP contribution is 2.22. The minimum atomic E-state index is -0.489. The van der Waals surface area contributed by atoms with Crippen LogP contribution in [0.4, 0.5) is 4.79 Å². The zero-order chi connectivity index (χ0) is 17.6. The van der Waals surface area contributed by atoms with Crippen LogP contribution >= 0.6 is 11.6 Å². The Hall–Kier alpha value is -1.59. The molecule has 0 aliphatic rings. The molecule has 3 amide bonds. The van der Waals surface area contributed by atoms with Crippen molar-refractivity contribution < 1.29 is 9.59 Å². The fourth-order valence-electron chi connectivity index (χ4n) is 2.15. The van der Waals surface area contributed by atoms with Crippen LogP contribution in [0.15, 0.2) is 24.3 Å². The number of benzene rings is 1. The quantitative estimate of drug-likeness (QED) is 0.771. The molecule has 0 aliphatic carbocycles. The van der Waals surface area contributed by atoms with Crippen molar-refractivity contribution in [2.45, 2.75) is 46.2 Å². The topological polar surface area (TPSA) is 70.2 Å². The number of amides is 3. The standard InChI is InChI=1S/C17H26ClN3O2/c1-11(2)15(12-6-8-13(18)9-7-12)19-10-14(22)20-16(23)21-17(3,4)5/h6-9,11,15,19H,10H2,1-5H3,(H2,20,21,22,23)/t15-/m1/s1. The van der Waals surface area contributed by atoms with Gasteiger partial charge in [0.1, 0.15) is 0 Å². The van der Waals surface area contributed by atoms with E-state index in [1.54, 1.807) is 0 Å². The van der Waals surface area contributed by atoms with Crippen LogP contribution < -0.4 is 16.0 Å². The second-order valence-electron chi connectivity index (χ2n) is 6.91. The minimum absolute atomic E-state index is 0.00342. The Morgan fingerprint density at radius 2 is 1.70 bits per heavy atom. The summed E-state index contributed by atoms with van der Waals surface area (Å²) in [7, 11) is 0. The second kappa shape index (κ2) is 8.31. The Bertz CT molecular complexity index is 536. The molecule has 0 spiro atoms. The zero-order valence-electron chi connectivity index (χ0n) is 14.4. The van der Waals surface area contributed by atoms with Crippen molar-refractivity contribution in [1.82, 2.24) is 16.0 Å². The van der Waals surface area contributed by atoms with Crippen molar-refractivity contribution in [2.24, 2.45) is 5.92 Å². The molecule has 0 radical (unpaired) electrons. The predicted octanol–water partition coefficient (Wildman–Crippen LogP) is 3.25. The Morgan fingerprint density at radius 3 is 2.17 bits per heavy atom. The van der Waals surface area contributed by atoms with E-state index in [0.29, 0.717) is 5.02 Å². The molecule has 0 bridgehead atoms. The van der Waals surface area contributed by atoms with E-state index in [0.717, 1.165) is 5.56 Å². The monoisotopic (exact) mass is 339 g/mol. The molecule has 23 heavy (non-hydrogen) atoms. The Balaban J connectivity index is 2.57. The van der Waals surface area contributed by atoms with Gasteiger partial charge in [0.25, 0.3) is 0 Å². The third-order valence-electron chi connectivity index (χ3n) is 3.12. The molecule has 0 saturated carbocycles. The van der Waals surface area contributed by atoms with Crippen molar-refractivity contribution >= 4 is 23.5 Å².